The van der Waals surface area contributed by atoms with Crippen LogP contribution in [0, 0.1) is 0 Å². The fourth-order valence-electron chi connectivity index (χ4n) is 4.57. The molecule has 6 heteroatoms. The monoisotopic (exact) mass is 517 g/mol. The van der Waals surface area contributed by atoms with Crippen molar-refractivity contribution in [2.75, 3.05) is 6.54 Å². The lowest BCUT2D eigenvalue weighted by molar-refractivity contribution is -0.124. The summed E-state index contributed by atoms with van der Waals surface area (Å²) < 4.78 is 6.58. The third-order valence-electron chi connectivity index (χ3n) is 6.61. The molecule has 5 aromatic rings. The zero-order valence-corrected chi connectivity index (χ0v) is 21.5. The van der Waals surface area contributed by atoms with Crippen molar-refractivity contribution in [3.8, 4) is 5.75 Å². The molecule has 39 heavy (non-hydrogen) atoms. The van der Waals surface area contributed by atoms with Crippen molar-refractivity contribution < 1.29 is 14.7 Å². The Balaban J connectivity index is 1.22. The zero-order valence-electron chi connectivity index (χ0n) is 21.5. The van der Waals surface area contributed by atoms with Gasteiger partial charge in [0.1, 0.15) is 11.9 Å². The highest BCUT2D eigenvalue weighted by Gasteiger charge is 2.16. The second-order valence-electron chi connectivity index (χ2n) is 9.32. The Morgan fingerprint density at radius 1 is 0.897 bits per heavy atom. The number of ether oxygens (including phenoxy) is 1. The summed E-state index contributed by atoms with van der Waals surface area (Å²) >= 11 is 0. The maximum absolute atomic E-state index is 11.1. The van der Waals surface area contributed by atoms with Crippen LogP contribution in [0.15, 0.2) is 115 Å². The van der Waals surface area contributed by atoms with Gasteiger partial charge in [-0.15, -0.1) is 0 Å². The van der Waals surface area contributed by atoms with Crippen LogP contribution in [-0.2, 0) is 17.8 Å². The number of amides is 1. The highest BCUT2D eigenvalue weighted by molar-refractivity contribution is 5.90. The van der Waals surface area contributed by atoms with Gasteiger partial charge >= 0.3 is 0 Å². The van der Waals surface area contributed by atoms with Crippen molar-refractivity contribution in [2.24, 2.45) is 0 Å². The summed E-state index contributed by atoms with van der Waals surface area (Å²) in [7, 11) is 0. The lowest BCUT2D eigenvalue weighted by atomic mass is 10.0. The minimum Gasteiger partial charge on any atom is -0.481 e. The standard InChI is InChI=1S/C33H31N3O3/c37-32(36-38)18-15-24-11-13-25(14-12-24)22-34-20-19-28-23-35-31-17-16-29(21-30(28)31)39-33(26-7-3-1-4-8-26)27-9-5-2-6-10-27/h1-18,21,23,33-35,38H,19-20,22H2,(H,36,37)/b18-15+. The van der Waals surface area contributed by atoms with Gasteiger partial charge in [0.15, 0.2) is 0 Å². The molecule has 0 atom stereocenters. The Bertz CT molecular complexity index is 1490. The minimum absolute atomic E-state index is 0.192. The molecule has 1 aromatic heterocycles. The van der Waals surface area contributed by atoms with Gasteiger partial charge in [0, 0.05) is 29.7 Å². The molecular formula is C33H31N3O3. The predicted molar refractivity (Wildman–Crippen MR) is 154 cm³/mol. The van der Waals surface area contributed by atoms with E-state index in [9.17, 15) is 4.79 Å². The minimum atomic E-state index is -0.552. The molecule has 0 aliphatic heterocycles. The highest BCUT2D eigenvalue weighted by Crippen LogP contribution is 2.31. The number of rotatable bonds is 11. The van der Waals surface area contributed by atoms with Gasteiger partial charge in [-0.05, 0) is 65.1 Å². The molecule has 1 heterocycles. The third kappa shape index (κ3) is 6.82. The number of benzene rings is 4. The largest absolute Gasteiger partial charge is 0.481 e. The lowest BCUT2D eigenvalue weighted by Crippen LogP contribution is -2.16. The van der Waals surface area contributed by atoms with Crippen LogP contribution in [0.1, 0.15) is 33.9 Å². The summed E-state index contributed by atoms with van der Waals surface area (Å²) in [5, 5.41) is 13.2. The number of carbonyl (C=O) groups excluding carboxylic acids is 1. The van der Waals surface area contributed by atoms with Gasteiger partial charge in [0.2, 0.25) is 0 Å². The number of aromatic nitrogens is 1. The molecule has 0 spiro atoms. The maximum Gasteiger partial charge on any atom is 0.267 e. The Hall–Kier alpha value is -4.65. The van der Waals surface area contributed by atoms with Crippen LogP contribution in [0.5, 0.6) is 5.75 Å². The fraction of sp³-hybridized carbons (Fsp3) is 0.121. The number of nitrogens with one attached hydrogen (secondary N) is 3. The summed E-state index contributed by atoms with van der Waals surface area (Å²) in [4.78, 5) is 14.5. The van der Waals surface area contributed by atoms with Crippen LogP contribution < -0.4 is 15.5 Å². The number of fused-ring (bicyclic) bond motifs is 1. The van der Waals surface area contributed by atoms with E-state index in [0.29, 0.717) is 0 Å². The summed E-state index contributed by atoms with van der Waals surface area (Å²) in [6.07, 6.45) is 5.70. The van der Waals surface area contributed by atoms with Crippen LogP contribution in [0.25, 0.3) is 17.0 Å². The number of hydrogen-bond acceptors (Lipinski definition) is 4. The van der Waals surface area contributed by atoms with Gasteiger partial charge in [-0.1, -0.05) is 84.9 Å². The van der Waals surface area contributed by atoms with Gasteiger partial charge in [-0.3, -0.25) is 10.0 Å². The molecule has 0 aliphatic carbocycles. The van der Waals surface area contributed by atoms with Crippen molar-refractivity contribution in [1.29, 1.82) is 0 Å². The van der Waals surface area contributed by atoms with Gasteiger partial charge in [-0.2, -0.15) is 0 Å². The van der Waals surface area contributed by atoms with Crippen molar-refractivity contribution in [2.45, 2.75) is 19.1 Å². The molecular weight excluding hydrogens is 486 g/mol. The van der Waals surface area contributed by atoms with Crippen LogP contribution in [0.4, 0.5) is 0 Å². The Morgan fingerprint density at radius 2 is 1.59 bits per heavy atom. The maximum atomic E-state index is 11.1. The molecule has 1 amide bonds. The molecule has 0 aliphatic rings. The molecule has 0 saturated carbocycles. The molecule has 0 saturated heterocycles. The second-order valence-corrected chi connectivity index (χ2v) is 9.32. The Labute approximate surface area is 227 Å². The van der Waals surface area contributed by atoms with Crippen LogP contribution in [0.3, 0.4) is 0 Å². The van der Waals surface area contributed by atoms with Crippen molar-refractivity contribution in [3.63, 3.8) is 0 Å². The van der Waals surface area contributed by atoms with E-state index in [1.807, 2.05) is 66.7 Å². The van der Waals surface area contributed by atoms with Crippen LogP contribution >= 0.6 is 0 Å². The van der Waals surface area contributed by atoms with E-state index in [4.69, 9.17) is 9.94 Å². The first-order valence-corrected chi connectivity index (χ1v) is 13.0. The summed E-state index contributed by atoms with van der Waals surface area (Å²) in [5.74, 6) is 0.281. The van der Waals surface area contributed by atoms with E-state index in [1.165, 1.54) is 11.6 Å². The molecule has 4 N–H and O–H groups in total. The Kier molecular flexibility index (Phi) is 8.48. The van der Waals surface area contributed by atoms with Gasteiger partial charge < -0.3 is 15.0 Å². The molecule has 5 rings (SSSR count). The topological polar surface area (TPSA) is 86.4 Å². The number of hydroxylamine groups is 1. The molecule has 0 radical (unpaired) electrons. The van der Waals surface area contributed by atoms with Crippen LogP contribution in [0.2, 0.25) is 0 Å². The van der Waals surface area contributed by atoms with Gasteiger partial charge in [0.05, 0.1) is 0 Å². The average molecular weight is 518 g/mol. The van der Waals surface area contributed by atoms with Crippen molar-refractivity contribution in [1.82, 2.24) is 15.8 Å². The summed E-state index contributed by atoms with van der Waals surface area (Å²) in [6, 6.07) is 34.8. The predicted octanol–water partition coefficient (Wildman–Crippen LogP) is 6.19. The molecule has 196 valence electrons. The normalized spacial score (nSPS) is 11.3. The number of aromatic amines is 1. The highest BCUT2D eigenvalue weighted by atomic mass is 16.5. The molecule has 0 bridgehead atoms. The molecule has 0 unspecified atom stereocenters. The SMILES string of the molecule is O=C(/C=C/c1ccc(CNCCc2c[nH]c3ccc(OC(c4ccccc4)c4ccccc4)cc23)cc1)NO. The molecule has 0 fully saturated rings. The Morgan fingerprint density at radius 3 is 2.26 bits per heavy atom. The molecule has 6 nitrogen and oxygen atoms in total. The fourth-order valence-corrected chi connectivity index (χ4v) is 4.57. The first kappa shape index (κ1) is 26.0. The number of carbonyl (C=O) groups is 1. The first-order valence-electron chi connectivity index (χ1n) is 13.0. The van der Waals surface area contributed by atoms with E-state index in [2.05, 4.69) is 52.9 Å². The van der Waals surface area contributed by atoms with E-state index >= 15 is 0 Å². The van der Waals surface area contributed by atoms with Gasteiger partial charge in [-0.25, -0.2) is 5.48 Å². The van der Waals surface area contributed by atoms with Crippen molar-refractivity contribution >= 4 is 22.9 Å². The smallest absolute Gasteiger partial charge is 0.267 e. The molecule has 4 aromatic carbocycles. The summed E-state index contributed by atoms with van der Waals surface area (Å²) in [6.45, 7) is 1.57. The number of H-pyrrole nitrogens is 1. The van der Waals surface area contributed by atoms with E-state index < -0.39 is 5.91 Å². The third-order valence-corrected chi connectivity index (χ3v) is 6.61. The number of hydrogen-bond donors (Lipinski definition) is 4. The summed E-state index contributed by atoms with van der Waals surface area (Å²) in [5.41, 5.74) is 8.18. The average Bonchev–Trinajstić information content (AvgIpc) is 3.40. The van der Waals surface area contributed by atoms with Crippen molar-refractivity contribution in [3.05, 3.63) is 143 Å². The van der Waals surface area contributed by atoms with Gasteiger partial charge in [0.25, 0.3) is 5.91 Å². The van der Waals surface area contributed by atoms with E-state index in [1.54, 1.807) is 11.6 Å². The second kappa shape index (κ2) is 12.7. The zero-order chi connectivity index (χ0) is 26.9. The van der Waals surface area contributed by atoms with E-state index in [0.717, 1.165) is 58.4 Å². The van der Waals surface area contributed by atoms with E-state index in [-0.39, 0.29) is 6.10 Å². The van der Waals surface area contributed by atoms with Crippen LogP contribution in [-0.4, -0.2) is 22.6 Å². The first-order chi connectivity index (χ1) is 19.2. The quantitative estimate of drug-likeness (QED) is 0.0729. The lowest BCUT2D eigenvalue weighted by Gasteiger charge is -2.20.